The van der Waals surface area contributed by atoms with E-state index in [2.05, 4.69) is 25.9 Å². The monoisotopic (exact) mass is 543 g/mol. The number of hydrogen-bond acceptors (Lipinski definition) is 10. The number of thioether (sulfide) groups is 1. The minimum absolute atomic E-state index is 0.00640. The fourth-order valence-electron chi connectivity index (χ4n) is 3.00. The number of nitro groups is 1. The minimum atomic E-state index is -0.583. The fourth-order valence-corrected chi connectivity index (χ4v) is 4.55. The summed E-state index contributed by atoms with van der Waals surface area (Å²) in [6.45, 7) is 2.06. The van der Waals surface area contributed by atoms with E-state index in [1.807, 2.05) is 0 Å². The molecule has 0 spiro atoms. The molecule has 12 nitrogen and oxygen atoms in total. The number of rotatable bonds is 10. The number of nitrogens with zero attached hydrogens (tertiary/aromatic N) is 5. The minimum Gasteiger partial charge on any atom is -0.490 e. The van der Waals surface area contributed by atoms with Gasteiger partial charge in [0.2, 0.25) is 11.0 Å². The number of nitrogens with one attached hydrogen (secondary N) is 2. The van der Waals surface area contributed by atoms with Gasteiger partial charge in [-0.25, -0.2) is 9.07 Å². The number of aromatic nitrogens is 4. The predicted octanol–water partition coefficient (Wildman–Crippen LogP) is 4.15. The standard InChI is InChI=1S/C22H18FN7O5S2/c1-2-35-17-11-29(15-8-6-13(23)7-9-15)28-19(17)20(32)25-21-26-27-22(37-21)36-12-18(31)24-14-4-3-5-16(10-14)30(33)34/h3-11H,2,12H2,1H3,(H,24,31)(H,25,26,32). The summed E-state index contributed by atoms with van der Waals surface area (Å²) in [4.78, 5) is 35.4. The third-order valence-corrected chi connectivity index (χ3v) is 6.55. The number of nitro benzene ring substituents is 1. The molecular formula is C22H18FN7O5S2. The second kappa shape index (κ2) is 11.6. The lowest BCUT2D eigenvalue weighted by molar-refractivity contribution is -0.384. The zero-order chi connectivity index (χ0) is 26.4. The summed E-state index contributed by atoms with van der Waals surface area (Å²) < 4.78 is 20.6. The molecule has 0 bridgehead atoms. The fraction of sp³-hybridized carbons (Fsp3) is 0.136. The van der Waals surface area contributed by atoms with Gasteiger partial charge >= 0.3 is 0 Å². The van der Waals surface area contributed by atoms with Crippen LogP contribution in [0.2, 0.25) is 0 Å². The highest BCUT2D eigenvalue weighted by Gasteiger charge is 2.21. The van der Waals surface area contributed by atoms with Crippen LogP contribution in [0.15, 0.2) is 59.1 Å². The molecule has 0 saturated heterocycles. The van der Waals surface area contributed by atoms with Gasteiger partial charge in [0, 0.05) is 17.8 Å². The summed E-state index contributed by atoms with van der Waals surface area (Å²) in [5.41, 5.74) is 0.714. The predicted molar refractivity (Wildman–Crippen MR) is 135 cm³/mol. The van der Waals surface area contributed by atoms with Crippen molar-refractivity contribution < 1.29 is 23.6 Å². The maximum atomic E-state index is 13.2. The van der Waals surface area contributed by atoms with E-state index in [4.69, 9.17) is 4.74 Å². The molecule has 2 aromatic heterocycles. The van der Waals surface area contributed by atoms with Gasteiger partial charge in [0.05, 0.1) is 29.2 Å². The zero-order valence-corrected chi connectivity index (χ0v) is 20.7. The van der Waals surface area contributed by atoms with Gasteiger partial charge in [-0.05, 0) is 37.3 Å². The van der Waals surface area contributed by atoms with Crippen LogP contribution in [0.3, 0.4) is 0 Å². The Kier molecular flexibility index (Phi) is 8.05. The number of hydrogen-bond donors (Lipinski definition) is 2. The number of carbonyl (C=O) groups excluding carboxylic acids is 2. The van der Waals surface area contributed by atoms with Crippen LogP contribution in [0.1, 0.15) is 17.4 Å². The molecule has 2 aromatic carbocycles. The quantitative estimate of drug-likeness (QED) is 0.130. The second-order valence-electron chi connectivity index (χ2n) is 7.17. The molecule has 0 aliphatic rings. The number of anilines is 2. The summed E-state index contributed by atoms with van der Waals surface area (Å²) >= 11 is 2.15. The van der Waals surface area contributed by atoms with E-state index >= 15 is 0 Å². The number of halogens is 1. The van der Waals surface area contributed by atoms with Crippen LogP contribution in [0, 0.1) is 15.9 Å². The van der Waals surface area contributed by atoms with E-state index in [0.717, 1.165) is 23.1 Å². The SMILES string of the molecule is CCOc1cn(-c2ccc(F)cc2)nc1C(=O)Nc1nnc(SCC(=O)Nc2cccc([N+](=O)[O-])c2)s1. The molecular weight excluding hydrogens is 525 g/mol. The Balaban J connectivity index is 1.37. The average Bonchev–Trinajstić information content (AvgIpc) is 3.51. The molecule has 0 saturated carbocycles. The lowest BCUT2D eigenvalue weighted by atomic mass is 10.3. The van der Waals surface area contributed by atoms with Crippen molar-refractivity contribution in [2.24, 2.45) is 0 Å². The normalized spacial score (nSPS) is 10.6. The number of non-ortho nitro benzene ring substituents is 1. The molecule has 15 heteroatoms. The Morgan fingerprint density at radius 2 is 1.97 bits per heavy atom. The average molecular weight is 544 g/mol. The van der Waals surface area contributed by atoms with E-state index in [1.54, 1.807) is 13.0 Å². The van der Waals surface area contributed by atoms with Crippen molar-refractivity contribution in [3.63, 3.8) is 0 Å². The molecule has 2 heterocycles. The highest BCUT2D eigenvalue weighted by atomic mass is 32.2. The van der Waals surface area contributed by atoms with Crippen molar-refractivity contribution in [2.75, 3.05) is 23.0 Å². The second-order valence-corrected chi connectivity index (χ2v) is 9.37. The van der Waals surface area contributed by atoms with Crippen molar-refractivity contribution >= 4 is 51.4 Å². The third-order valence-electron chi connectivity index (χ3n) is 4.58. The summed E-state index contributed by atoms with van der Waals surface area (Å²) in [6, 6.07) is 11.2. The van der Waals surface area contributed by atoms with Crippen molar-refractivity contribution in [1.29, 1.82) is 0 Å². The smallest absolute Gasteiger partial charge is 0.281 e. The molecule has 4 aromatic rings. The third kappa shape index (κ3) is 6.65. The van der Waals surface area contributed by atoms with Crippen molar-refractivity contribution in [1.82, 2.24) is 20.0 Å². The van der Waals surface area contributed by atoms with Gasteiger partial charge in [0.1, 0.15) is 5.82 Å². The van der Waals surface area contributed by atoms with E-state index in [0.29, 0.717) is 22.3 Å². The first kappa shape index (κ1) is 25.7. The molecule has 2 N–H and O–H groups in total. The highest BCUT2D eigenvalue weighted by Crippen LogP contribution is 2.27. The van der Waals surface area contributed by atoms with E-state index < -0.39 is 16.6 Å². The van der Waals surface area contributed by atoms with Gasteiger partial charge in [-0.1, -0.05) is 29.2 Å². The number of ether oxygens (including phenoxy) is 1. The number of carbonyl (C=O) groups is 2. The van der Waals surface area contributed by atoms with Crippen molar-refractivity contribution in [3.8, 4) is 11.4 Å². The molecule has 0 fully saturated rings. The largest absolute Gasteiger partial charge is 0.490 e. The van der Waals surface area contributed by atoms with Crippen molar-refractivity contribution in [3.05, 3.63) is 76.4 Å². The van der Waals surface area contributed by atoms with Crippen LogP contribution in [-0.2, 0) is 4.79 Å². The molecule has 4 rings (SSSR count). The topological polar surface area (TPSA) is 154 Å². The van der Waals surface area contributed by atoms with Crippen LogP contribution in [0.4, 0.5) is 20.9 Å². The summed E-state index contributed by atoms with van der Waals surface area (Å²) in [7, 11) is 0. The van der Waals surface area contributed by atoms with Gasteiger partial charge in [-0.15, -0.1) is 10.2 Å². The first-order valence-electron chi connectivity index (χ1n) is 10.6. The van der Waals surface area contributed by atoms with Crippen LogP contribution in [0.25, 0.3) is 5.69 Å². The van der Waals surface area contributed by atoms with Gasteiger partial charge in [0.25, 0.3) is 11.6 Å². The number of benzene rings is 2. The lowest BCUT2D eigenvalue weighted by Crippen LogP contribution is -2.14. The molecule has 2 amide bonds. The zero-order valence-electron chi connectivity index (χ0n) is 19.1. The maximum absolute atomic E-state index is 13.2. The molecule has 0 unspecified atom stereocenters. The first-order valence-corrected chi connectivity index (χ1v) is 12.4. The maximum Gasteiger partial charge on any atom is 0.281 e. The Hall–Kier alpha value is -4.37. The van der Waals surface area contributed by atoms with Gasteiger partial charge < -0.3 is 10.1 Å². The highest BCUT2D eigenvalue weighted by molar-refractivity contribution is 8.01. The molecule has 0 radical (unpaired) electrons. The van der Waals surface area contributed by atoms with E-state index in [-0.39, 0.29) is 33.9 Å². The Morgan fingerprint density at radius 3 is 2.70 bits per heavy atom. The van der Waals surface area contributed by atoms with E-state index in [9.17, 15) is 24.1 Å². The van der Waals surface area contributed by atoms with Gasteiger partial charge in [0.15, 0.2) is 15.8 Å². The van der Waals surface area contributed by atoms with Gasteiger partial charge in [-0.2, -0.15) is 5.10 Å². The molecule has 37 heavy (non-hydrogen) atoms. The molecule has 0 atom stereocenters. The van der Waals surface area contributed by atoms with Crippen LogP contribution < -0.4 is 15.4 Å². The van der Waals surface area contributed by atoms with Crippen molar-refractivity contribution in [2.45, 2.75) is 11.3 Å². The molecule has 0 aliphatic heterocycles. The molecule has 0 aliphatic carbocycles. The summed E-state index contributed by atoms with van der Waals surface area (Å²) in [5, 5.41) is 28.4. The summed E-state index contributed by atoms with van der Waals surface area (Å²) in [6.07, 6.45) is 1.52. The Bertz CT molecular complexity index is 1440. The van der Waals surface area contributed by atoms with Crippen LogP contribution >= 0.6 is 23.1 Å². The number of amides is 2. The first-order chi connectivity index (χ1) is 17.8. The van der Waals surface area contributed by atoms with Crippen LogP contribution in [0.5, 0.6) is 5.75 Å². The Labute approximate surface area is 217 Å². The van der Waals surface area contributed by atoms with Gasteiger partial charge in [-0.3, -0.25) is 25.0 Å². The summed E-state index contributed by atoms with van der Waals surface area (Å²) in [5.74, 6) is -1.16. The van der Waals surface area contributed by atoms with Crippen LogP contribution in [-0.4, -0.2) is 49.1 Å². The Morgan fingerprint density at radius 1 is 1.19 bits per heavy atom. The van der Waals surface area contributed by atoms with E-state index in [1.165, 1.54) is 53.3 Å². The lowest BCUT2D eigenvalue weighted by Gasteiger charge is -2.03. The molecule has 190 valence electrons.